The van der Waals surface area contributed by atoms with Crippen molar-refractivity contribution in [3.05, 3.63) is 48.3 Å². The number of ether oxygens (including phenoxy) is 2. The second-order valence-corrected chi connectivity index (χ2v) is 7.89. The average molecular weight is 394 g/mol. The molecule has 0 radical (unpaired) electrons. The van der Waals surface area contributed by atoms with Gasteiger partial charge in [-0.25, -0.2) is 12.8 Å². The van der Waals surface area contributed by atoms with Crippen LogP contribution in [0.4, 0.5) is 15.8 Å². The van der Waals surface area contributed by atoms with Crippen LogP contribution < -0.4 is 19.1 Å². The van der Waals surface area contributed by atoms with Gasteiger partial charge in [0.15, 0.2) is 11.5 Å². The van der Waals surface area contributed by atoms with Crippen molar-refractivity contribution in [2.24, 2.45) is 0 Å². The topological polar surface area (TPSA) is 84.9 Å². The zero-order chi connectivity index (χ0) is 19.6. The average Bonchev–Trinajstić information content (AvgIpc) is 2.62. The number of fused-ring (bicyclic) bond motifs is 1. The summed E-state index contributed by atoms with van der Waals surface area (Å²) < 4.78 is 50.4. The highest BCUT2D eigenvalue weighted by molar-refractivity contribution is 7.92. The summed E-state index contributed by atoms with van der Waals surface area (Å²) in [6, 6.07) is 9.16. The lowest BCUT2D eigenvalue weighted by atomic mass is 10.2. The van der Waals surface area contributed by atoms with Crippen molar-refractivity contribution in [3.63, 3.8) is 0 Å². The summed E-state index contributed by atoms with van der Waals surface area (Å²) in [5.41, 5.74) is 0.225. The fourth-order valence-electron chi connectivity index (χ4n) is 2.78. The second-order valence-electron chi connectivity index (χ2n) is 6.03. The molecule has 2 aromatic rings. The lowest BCUT2D eigenvalue weighted by molar-refractivity contribution is -0.116. The van der Waals surface area contributed by atoms with Crippen LogP contribution in [0.5, 0.6) is 11.5 Å². The maximum Gasteiger partial charge on any atom is 0.248 e. The predicted octanol–water partition coefficient (Wildman–Crippen LogP) is 2.39. The Hall–Kier alpha value is -2.81. The minimum atomic E-state index is -3.81. The zero-order valence-electron chi connectivity index (χ0n) is 14.8. The van der Waals surface area contributed by atoms with Gasteiger partial charge < -0.3 is 14.8 Å². The number of hydrogen-bond acceptors (Lipinski definition) is 5. The Balaban J connectivity index is 1.91. The number of para-hydroxylation sites is 1. The van der Waals surface area contributed by atoms with Gasteiger partial charge in [-0.05, 0) is 31.2 Å². The Morgan fingerprint density at radius 3 is 2.48 bits per heavy atom. The van der Waals surface area contributed by atoms with Gasteiger partial charge in [0.2, 0.25) is 15.9 Å². The van der Waals surface area contributed by atoms with E-state index in [0.29, 0.717) is 24.7 Å². The third-order valence-electron chi connectivity index (χ3n) is 4.00. The highest BCUT2D eigenvalue weighted by Gasteiger charge is 2.30. The number of anilines is 2. The molecule has 1 aliphatic rings. The summed E-state index contributed by atoms with van der Waals surface area (Å²) in [6.45, 7) is 2.18. The van der Waals surface area contributed by atoms with Gasteiger partial charge in [0.25, 0.3) is 0 Å². The predicted molar refractivity (Wildman–Crippen MR) is 99.2 cm³/mol. The van der Waals surface area contributed by atoms with Crippen molar-refractivity contribution >= 4 is 27.3 Å². The number of rotatable bonds is 5. The van der Waals surface area contributed by atoms with E-state index in [-0.39, 0.29) is 11.4 Å². The number of sulfonamides is 1. The summed E-state index contributed by atoms with van der Waals surface area (Å²) in [4.78, 5) is 12.6. The number of carbonyl (C=O) groups is 1. The first-order valence-electron chi connectivity index (χ1n) is 8.22. The van der Waals surface area contributed by atoms with Crippen molar-refractivity contribution in [3.8, 4) is 11.5 Å². The van der Waals surface area contributed by atoms with Crippen LogP contribution >= 0.6 is 0 Å². The molecule has 0 fully saturated rings. The Labute approximate surface area is 156 Å². The van der Waals surface area contributed by atoms with Gasteiger partial charge in [-0.3, -0.25) is 9.10 Å². The Morgan fingerprint density at radius 2 is 1.81 bits per heavy atom. The lowest BCUT2D eigenvalue weighted by Crippen LogP contribution is -2.45. The molecule has 0 spiro atoms. The first kappa shape index (κ1) is 19.0. The molecule has 0 bridgehead atoms. The van der Waals surface area contributed by atoms with E-state index in [1.807, 2.05) is 0 Å². The third kappa shape index (κ3) is 4.13. The third-order valence-corrected chi connectivity index (χ3v) is 5.24. The standard InChI is InChI=1S/C18H19FN2O5S/c1-12(18(22)20-15-6-4-3-5-14(15)19)21(27(2,23)24)13-7-8-16-17(11-13)26-10-9-25-16/h3-8,11-12H,9-10H2,1-2H3,(H,20,22). The summed E-state index contributed by atoms with van der Waals surface area (Å²) in [5.74, 6) is -0.375. The molecule has 7 nitrogen and oxygen atoms in total. The van der Waals surface area contributed by atoms with E-state index in [4.69, 9.17) is 9.47 Å². The number of carbonyl (C=O) groups excluding carboxylic acids is 1. The molecule has 2 aromatic carbocycles. The van der Waals surface area contributed by atoms with Gasteiger partial charge in [0.1, 0.15) is 25.1 Å². The van der Waals surface area contributed by atoms with Gasteiger partial charge >= 0.3 is 0 Å². The molecule has 1 aliphatic heterocycles. The summed E-state index contributed by atoms with van der Waals surface area (Å²) in [7, 11) is -3.81. The molecule has 1 atom stereocenters. The number of nitrogens with zero attached hydrogens (tertiary/aromatic N) is 1. The van der Waals surface area contributed by atoms with E-state index in [0.717, 1.165) is 10.6 Å². The van der Waals surface area contributed by atoms with Crippen molar-refractivity contribution in [1.82, 2.24) is 0 Å². The van der Waals surface area contributed by atoms with Crippen LogP contribution in [0.2, 0.25) is 0 Å². The van der Waals surface area contributed by atoms with E-state index in [1.165, 1.54) is 37.3 Å². The van der Waals surface area contributed by atoms with Crippen LogP contribution in [0.1, 0.15) is 6.92 Å². The molecule has 0 aromatic heterocycles. The van der Waals surface area contributed by atoms with Crippen LogP contribution in [0.15, 0.2) is 42.5 Å². The van der Waals surface area contributed by atoms with E-state index in [9.17, 15) is 17.6 Å². The summed E-state index contributed by atoms with van der Waals surface area (Å²) in [5, 5.41) is 2.42. The van der Waals surface area contributed by atoms with Crippen LogP contribution in [-0.4, -0.2) is 39.8 Å². The highest BCUT2D eigenvalue weighted by atomic mass is 32.2. The van der Waals surface area contributed by atoms with Crippen LogP contribution in [0.25, 0.3) is 0 Å². The number of halogens is 1. The van der Waals surface area contributed by atoms with Gasteiger partial charge in [-0.15, -0.1) is 0 Å². The Kier molecular flexibility index (Phi) is 5.22. The van der Waals surface area contributed by atoms with Crippen LogP contribution in [0.3, 0.4) is 0 Å². The monoisotopic (exact) mass is 394 g/mol. The molecule has 1 N–H and O–H groups in total. The lowest BCUT2D eigenvalue weighted by Gasteiger charge is -2.29. The first-order valence-corrected chi connectivity index (χ1v) is 10.1. The summed E-state index contributed by atoms with van der Waals surface area (Å²) in [6.07, 6.45) is 0.997. The SMILES string of the molecule is CC(C(=O)Nc1ccccc1F)N(c1ccc2c(c1)OCCO2)S(C)(=O)=O. The number of nitrogens with one attached hydrogen (secondary N) is 1. The van der Waals surface area contributed by atoms with E-state index >= 15 is 0 Å². The molecule has 0 saturated carbocycles. The maximum atomic E-state index is 13.8. The summed E-state index contributed by atoms with van der Waals surface area (Å²) >= 11 is 0. The molecular formula is C18H19FN2O5S. The van der Waals surface area contributed by atoms with Gasteiger partial charge in [-0.2, -0.15) is 0 Å². The molecule has 0 aliphatic carbocycles. The van der Waals surface area contributed by atoms with Gasteiger partial charge in [0.05, 0.1) is 17.6 Å². The maximum absolute atomic E-state index is 13.8. The van der Waals surface area contributed by atoms with Crippen molar-refractivity contribution in [2.45, 2.75) is 13.0 Å². The van der Waals surface area contributed by atoms with E-state index in [2.05, 4.69) is 5.32 Å². The molecular weight excluding hydrogens is 375 g/mol. The van der Waals surface area contributed by atoms with Crippen LogP contribution in [-0.2, 0) is 14.8 Å². The second kappa shape index (κ2) is 7.43. The van der Waals surface area contributed by atoms with Crippen molar-refractivity contribution < 1.29 is 27.1 Å². The number of benzene rings is 2. The Morgan fingerprint density at radius 1 is 1.15 bits per heavy atom. The van der Waals surface area contributed by atoms with Gasteiger partial charge in [0, 0.05) is 6.07 Å². The van der Waals surface area contributed by atoms with Crippen molar-refractivity contribution in [1.29, 1.82) is 0 Å². The number of amides is 1. The fraction of sp³-hybridized carbons (Fsp3) is 0.278. The molecule has 144 valence electrons. The highest BCUT2D eigenvalue weighted by Crippen LogP contribution is 2.35. The molecule has 0 saturated heterocycles. The minimum absolute atomic E-state index is 0.0232. The normalized spacial score (nSPS) is 14.3. The number of hydrogen-bond donors (Lipinski definition) is 1. The molecule has 1 heterocycles. The van der Waals surface area contributed by atoms with E-state index in [1.54, 1.807) is 12.1 Å². The quantitative estimate of drug-likeness (QED) is 0.842. The largest absolute Gasteiger partial charge is 0.486 e. The fourth-order valence-corrected chi connectivity index (χ4v) is 3.94. The first-order chi connectivity index (χ1) is 12.8. The molecule has 1 unspecified atom stereocenters. The zero-order valence-corrected chi connectivity index (χ0v) is 15.6. The van der Waals surface area contributed by atoms with Gasteiger partial charge in [-0.1, -0.05) is 12.1 Å². The minimum Gasteiger partial charge on any atom is -0.486 e. The smallest absolute Gasteiger partial charge is 0.248 e. The molecule has 27 heavy (non-hydrogen) atoms. The molecule has 1 amide bonds. The van der Waals surface area contributed by atoms with Crippen molar-refractivity contribution in [2.75, 3.05) is 29.1 Å². The Bertz CT molecular complexity index is 964. The van der Waals surface area contributed by atoms with E-state index < -0.39 is 27.8 Å². The molecule has 9 heteroatoms. The van der Waals surface area contributed by atoms with Crippen LogP contribution in [0, 0.1) is 5.82 Å². The molecule has 3 rings (SSSR count).